The van der Waals surface area contributed by atoms with Crippen LogP contribution in [0.3, 0.4) is 0 Å². The highest BCUT2D eigenvalue weighted by Crippen LogP contribution is 2.16. The highest BCUT2D eigenvalue weighted by atomic mass is 32.1. The lowest BCUT2D eigenvalue weighted by molar-refractivity contribution is -0.132. The van der Waals surface area contributed by atoms with Gasteiger partial charge in [-0.3, -0.25) is 4.79 Å². The SMILES string of the molecule is O=C(/C(F)=C/c1cccs1)N1CCOCC1. The zero-order valence-electron chi connectivity index (χ0n) is 8.69. The maximum atomic E-state index is 13.6. The van der Waals surface area contributed by atoms with Gasteiger partial charge in [-0.1, -0.05) is 6.07 Å². The molecule has 0 bridgehead atoms. The standard InChI is InChI=1S/C11H12FNO2S/c12-10(8-9-2-1-7-16-9)11(14)13-3-5-15-6-4-13/h1-2,7-8H,3-6H2/b10-8-. The molecule has 0 aromatic carbocycles. The fourth-order valence-electron chi connectivity index (χ4n) is 1.48. The van der Waals surface area contributed by atoms with Crippen LogP contribution in [0.5, 0.6) is 0 Å². The van der Waals surface area contributed by atoms with E-state index in [9.17, 15) is 9.18 Å². The summed E-state index contributed by atoms with van der Waals surface area (Å²) in [4.78, 5) is 13.9. The summed E-state index contributed by atoms with van der Waals surface area (Å²) in [6.07, 6.45) is 1.28. The molecule has 0 N–H and O–H groups in total. The molecule has 0 unspecified atom stereocenters. The predicted octanol–water partition coefficient (Wildman–Crippen LogP) is 1.92. The summed E-state index contributed by atoms with van der Waals surface area (Å²) in [6, 6.07) is 3.60. The summed E-state index contributed by atoms with van der Waals surface area (Å²) in [5.41, 5.74) is 0. The summed E-state index contributed by atoms with van der Waals surface area (Å²) in [5.74, 6) is -1.25. The minimum atomic E-state index is -0.704. The van der Waals surface area contributed by atoms with Crippen LogP contribution in [0.4, 0.5) is 4.39 Å². The van der Waals surface area contributed by atoms with E-state index in [4.69, 9.17) is 4.74 Å². The van der Waals surface area contributed by atoms with Gasteiger partial charge < -0.3 is 9.64 Å². The van der Waals surface area contributed by atoms with Gasteiger partial charge in [0.25, 0.3) is 5.91 Å². The molecule has 3 nitrogen and oxygen atoms in total. The van der Waals surface area contributed by atoms with Gasteiger partial charge in [0, 0.05) is 18.0 Å². The van der Waals surface area contributed by atoms with Crippen LogP contribution in [-0.4, -0.2) is 37.1 Å². The van der Waals surface area contributed by atoms with Gasteiger partial charge in [-0.25, -0.2) is 4.39 Å². The topological polar surface area (TPSA) is 29.5 Å². The van der Waals surface area contributed by atoms with Crippen LogP contribution in [0, 0.1) is 0 Å². The Hall–Kier alpha value is -1.20. The van der Waals surface area contributed by atoms with Crippen molar-refractivity contribution >= 4 is 23.3 Å². The summed E-state index contributed by atoms with van der Waals surface area (Å²) < 4.78 is 18.7. The second-order valence-electron chi connectivity index (χ2n) is 3.41. The van der Waals surface area contributed by atoms with Gasteiger partial charge in [0.1, 0.15) is 0 Å². The van der Waals surface area contributed by atoms with Crippen LogP contribution in [0.15, 0.2) is 23.3 Å². The average Bonchev–Trinajstić information content (AvgIpc) is 2.82. The van der Waals surface area contributed by atoms with Crippen LogP contribution >= 0.6 is 11.3 Å². The lowest BCUT2D eigenvalue weighted by Gasteiger charge is -2.25. The Kier molecular flexibility index (Phi) is 3.69. The van der Waals surface area contributed by atoms with E-state index in [1.165, 1.54) is 22.3 Å². The van der Waals surface area contributed by atoms with Crippen LogP contribution < -0.4 is 0 Å². The first-order valence-electron chi connectivity index (χ1n) is 5.05. The number of nitrogens with zero attached hydrogens (tertiary/aromatic N) is 1. The molecule has 0 spiro atoms. The van der Waals surface area contributed by atoms with Gasteiger partial charge in [0.15, 0.2) is 5.83 Å². The largest absolute Gasteiger partial charge is 0.378 e. The van der Waals surface area contributed by atoms with E-state index >= 15 is 0 Å². The number of carbonyl (C=O) groups excluding carboxylic acids is 1. The molecule has 1 fully saturated rings. The van der Waals surface area contributed by atoms with Gasteiger partial charge >= 0.3 is 0 Å². The molecule has 0 atom stereocenters. The number of rotatable bonds is 2. The van der Waals surface area contributed by atoms with Crippen molar-refractivity contribution in [1.82, 2.24) is 4.90 Å². The lowest BCUT2D eigenvalue weighted by atomic mass is 10.3. The number of ether oxygens (including phenoxy) is 1. The molecule has 0 aliphatic carbocycles. The number of amides is 1. The van der Waals surface area contributed by atoms with Crippen LogP contribution in [-0.2, 0) is 9.53 Å². The molecule has 1 saturated heterocycles. The van der Waals surface area contributed by atoms with Crippen molar-refractivity contribution in [2.75, 3.05) is 26.3 Å². The molecule has 1 aromatic rings. The summed E-state index contributed by atoms with van der Waals surface area (Å²) in [5, 5.41) is 1.85. The fraction of sp³-hybridized carbons (Fsp3) is 0.364. The normalized spacial score (nSPS) is 17.6. The molecule has 0 saturated carbocycles. The van der Waals surface area contributed by atoms with Crippen LogP contribution in [0.25, 0.3) is 6.08 Å². The summed E-state index contributed by atoms with van der Waals surface area (Å²) in [6.45, 7) is 1.89. The second-order valence-corrected chi connectivity index (χ2v) is 4.39. The minimum absolute atomic E-state index is 0.463. The zero-order valence-corrected chi connectivity index (χ0v) is 9.50. The molecule has 2 heterocycles. The number of hydrogen-bond acceptors (Lipinski definition) is 3. The Morgan fingerprint density at radius 2 is 2.25 bits per heavy atom. The first-order valence-corrected chi connectivity index (χ1v) is 5.93. The second kappa shape index (κ2) is 5.23. The Labute approximate surface area is 97.1 Å². The van der Waals surface area contributed by atoms with Crippen molar-refractivity contribution < 1.29 is 13.9 Å². The van der Waals surface area contributed by atoms with Crippen LogP contribution in [0.2, 0.25) is 0 Å². The van der Waals surface area contributed by atoms with Gasteiger partial charge in [-0.05, 0) is 17.5 Å². The average molecular weight is 241 g/mol. The van der Waals surface area contributed by atoms with Crippen molar-refractivity contribution in [1.29, 1.82) is 0 Å². The first kappa shape index (κ1) is 11.3. The van der Waals surface area contributed by atoms with Gasteiger partial charge in [0.05, 0.1) is 13.2 Å². The third kappa shape index (κ3) is 2.68. The molecule has 1 aromatic heterocycles. The smallest absolute Gasteiger partial charge is 0.282 e. The summed E-state index contributed by atoms with van der Waals surface area (Å²) >= 11 is 1.40. The number of thiophene rings is 1. The maximum Gasteiger partial charge on any atom is 0.282 e. The monoisotopic (exact) mass is 241 g/mol. The van der Waals surface area contributed by atoms with Crippen molar-refractivity contribution in [3.05, 3.63) is 28.2 Å². The number of morpholine rings is 1. The maximum absolute atomic E-state index is 13.6. The van der Waals surface area contributed by atoms with E-state index in [1.807, 2.05) is 11.4 Å². The highest BCUT2D eigenvalue weighted by molar-refractivity contribution is 7.10. The highest BCUT2D eigenvalue weighted by Gasteiger charge is 2.20. The van der Waals surface area contributed by atoms with E-state index in [0.717, 1.165) is 4.88 Å². The Morgan fingerprint density at radius 1 is 1.50 bits per heavy atom. The van der Waals surface area contributed by atoms with Crippen LogP contribution in [0.1, 0.15) is 4.88 Å². The fourth-order valence-corrected chi connectivity index (χ4v) is 2.12. The predicted molar refractivity (Wildman–Crippen MR) is 60.8 cm³/mol. The molecule has 1 aliphatic rings. The van der Waals surface area contributed by atoms with Crippen molar-refractivity contribution in [2.45, 2.75) is 0 Å². The molecule has 1 amide bonds. The molecule has 86 valence electrons. The van der Waals surface area contributed by atoms with Crippen molar-refractivity contribution in [2.24, 2.45) is 0 Å². The zero-order chi connectivity index (χ0) is 11.4. The molecule has 16 heavy (non-hydrogen) atoms. The van der Waals surface area contributed by atoms with E-state index < -0.39 is 11.7 Å². The van der Waals surface area contributed by atoms with E-state index in [0.29, 0.717) is 26.3 Å². The third-order valence-electron chi connectivity index (χ3n) is 2.31. The Balaban J connectivity index is 2.03. The van der Waals surface area contributed by atoms with Crippen molar-refractivity contribution in [3.8, 4) is 0 Å². The van der Waals surface area contributed by atoms with Gasteiger partial charge in [0.2, 0.25) is 0 Å². The quantitative estimate of drug-likeness (QED) is 0.740. The van der Waals surface area contributed by atoms with Gasteiger partial charge in [-0.2, -0.15) is 0 Å². The number of halogens is 1. The number of hydrogen-bond donors (Lipinski definition) is 0. The minimum Gasteiger partial charge on any atom is -0.378 e. The third-order valence-corrected chi connectivity index (χ3v) is 3.13. The molecular formula is C11H12FNO2S. The Morgan fingerprint density at radius 3 is 2.88 bits per heavy atom. The molecule has 1 aliphatic heterocycles. The number of carbonyl (C=O) groups is 1. The summed E-state index contributed by atoms with van der Waals surface area (Å²) in [7, 11) is 0. The van der Waals surface area contributed by atoms with Gasteiger partial charge in [-0.15, -0.1) is 11.3 Å². The first-order chi connectivity index (χ1) is 7.77. The Bertz CT molecular complexity index is 383. The van der Waals surface area contributed by atoms with E-state index in [1.54, 1.807) is 6.07 Å². The molecule has 0 radical (unpaired) electrons. The van der Waals surface area contributed by atoms with E-state index in [-0.39, 0.29) is 0 Å². The molecule has 2 rings (SSSR count). The lowest BCUT2D eigenvalue weighted by Crippen LogP contribution is -2.40. The van der Waals surface area contributed by atoms with Crippen molar-refractivity contribution in [3.63, 3.8) is 0 Å². The molecule has 5 heteroatoms. The van der Waals surface area contributed by atoms with E-state index in [2.05, 4.69) is 0 Å². The molecular weight excluding hydrogens is 229 g/mol.